The van der Waals surface area contributed by atoms with E-state index in [1.54, 1.807) is 0 Å². The van der Waals surface area contributed by atoms with Gasteiger partial charge in [0.25, 0.3) is 0 Å². The van der Waals surface area contributed by atoms with Gasteiger partial charge in [-0.25, -0.2) is 0 Å². The number of nitrogen functional groups attached to an aromatic ring is 1. The third-order valence-corrected chi connectivity index (χ3v) is 3.96. The number of ether oxygens (including phenoxy) is 1. The summed E-state index contributed by atoms with van der Waals surface area (Å²) in [6, 6.07) is 10.1. The Kier molecular flexibility index (Phi) is 3.80. The summed E-state index contributed by atoms with van der Waals surface area (Å²) in [4.78, 5) is 3.32. The highest BCUT2D eigenvalue weighted by molar-refractivity contribution is 5.84. The Morgan fingerprint density at radius 3 is 2.50 bits per heavy atom. The normalized spacial score (nSPS) is 11.0. The molecule has 3 heteroatoms. The van der Waals surface area contributed by atoms with Crippen molar-refractivity contribution >= 4 is 16.6 Å². The van der Waals surface area contributed by atoms with Crippen molar-refractivity contribution in [2.45, 2.75) is 33.6 Å². The molecule has 0 spiro atoms. The predicted octanol–water partition coefficient (Wildman–Crippen LogP) is 5.11. The third kappa shape index (κ3) is 2.67. The number of H-pyrrole nitrogens is 1. The van der Waals surface area contributed by atoms with Crippen molar-refractivity contribution in [3.63, 3.8) is 0 Å². The second-order valence-electron chi connectivity index (χ2n) is 5.86. The van der Waals surface area contributed by atoms with Crippen molar-refractivity contribution in [1.29, 1.82) is 0 Å². The van der Waals surface area contributed by atoms with E-state index in [1.165, 1.54) is 10.9 Å². The van der Waals surface area contributed by atoms with E-state index in [-0.39, 0.29) is 0 Å². The van der Waals surface area contributed by atoms with Gasteiger partial charge in [-0.3, -0.25) is 0 Å². The van der Waals surface area contributed by atoms with Gasteiger partial charge in [0.1, 0.15) is 11.5 Å². The summed E-state index contributed by atoms with van der Waals surface area (Å²) in [6.45, 7) is 6.24. The molecule has 0 saturated heterocycles. The van der Waals surface area contributed by atoms with Gasteiger partial charge in [-0.1, -0.05) is 13.3 Å². The van der Waals surface area contributed by atoms with Crippen LogP contribution < -0.4 is 10.5 Å². The molecule has 3 aromatic rings. The van der Waals surface area contributed by atoms with Gasteiger partial charge < -0.3 is 15.5 Å². The predicted molar refractivity (Wildman–Crippen MR) is 92.7 cm³/mol. The molecule has 3 rings (SSSR count). The fourth-order valence-corrected chi connectivity index (χ4v) is 2.96. The van der Waals surface area contributed by atoms with Gasteiger partial charge in [-0.05, 0) is 67.3 Å². The molecule has 0 aliphatic heterocycles. The minimum Gasteiger partial charge on any atom is -0.457 e. The number of aromatic nitrogens is 1. The highest BCUT2D eigenvalue weighted by Gasteiger charge is 2.09. The van der Waals surface area contributed by atoms with Gasteiger partial charge in [0, 0.05) is 22.8 Å². The molecule has 3 nitrogen and oxygen atoms in total. The van der Waals surface area contributed by atoms with Crippen molar-refractivity contribution in [2.24, 2.45) is 0 Å². The van der Waals surface area contributed by atoms with Crippen molar-refractivity contribution in [2.75, 3.05) is 5.73 Å². The number of nitrogens with one attached hydrogen (secondary N) is 1. The molecule has 0 bridgehead atoms. The fourth-order valence-electron chi connectivity index (χ4n) is 2.96. The topological polar surface area (TPSA) is 51.0 Å². The van der Waals surface area contributed by atoms with Gasteiger partial charge in [0.15, 0.2) is 0 Å². The van der Waals surface area contributed by atoms with E-state index in [9.17, 15) is 0 Å². The number of fused-ring (bicyclic) bond motifs is 1. The fraction of sp³-hybridized carbons (Fsp3) is 0.263. The zero-order valence-corrected chi connectivity index (χ0v) is 13.4. The molecule has 0 atom stereocenters. The van der Waals surface area contributed by atoms with Crippen LogP contribution in [-0.4, -0.2) is 4.98 Å². The molecule has 0 radical (unpaired) electrons. The standard InChI is InChI=1S/C19H22N2O/c1-4-5-14-11-21-18-7-6-16(10-17(14)18)22-19-12(2)8-15(20)9-13(19)3/h6-11,21H,4-5,20H2,1-3H3. The number of aromatic amines is 1. The number of hydrogen-bond acceptors (Lipinski definition) is 2. The first-order chi connectivity index (χ1) is 10.6. The Morgan fingerprint density at radius 1 is 1.09 bits per heavy atom. The van der Waals surface area contributed by atoms with Crippen LogP contribution in [0, 0.1) is 13.8 Å². The monoisotopic (exact) mass is 294 g/mol. The number of nitrogens with two attached hydrogens (primary N) is 1. The smallest absolute Gasteiger partial charge is 0.133 e. The number of hydrogen-bond donors (Lipinski definition) is 2. The molecule has 0 amide bonds. The van der Waals surface area contributed by atoms with Crippen LogP contribution in [0.15, 0.2) is 36.5 Å². The number of benzene rings is 2. The molecule has 0 saturated carbocycles. The molecular weight excluding hydrogens is 272 g/mol. The highest BCUT2D eigenvalue weighted by atomic mass is 16.5. The first kappa shape index (κ1) is 14.5. The van der Waals surface area contributed by atoms with Crippen molar-refractivity contribution < 1.29 is 4.74 Å². The van der Waals surface area contributed by atoms with Crippen molar-refractivity contribution in [3.05, 3.63) is 53.2 Å². The van der Waals surface area contributed by atoms with Crippen molar-refractivity contribution in [1.82, 2.24) is 4.98 Å². The first-order valence-electron chi connectivity index (χ1n) is 7.73. The summed E-state index contributed by atoms with van der Waals surface area (Å²) in [5.74, 6) is 1.75. The van der Waals surface area contributed by atoms with Gasteiger partial charge >= 0.3 is 0 Å². The van der Waals surface area contributed by atoms with Crippen LogP contribution >= 0.6 is 0 Å². The van der Waals surface area contributed by atoms with Crippen LogP contribution in [0.1, 0.15) is 30.0 Å². The van der Waals surface area contributed by atoms with Gasteiger partial charge in [0.2, 0.25) is 0 Å². The maximum absolute atomic E-state index is 6.14. The maximum Gasteiger partial charge on any atom is 0.133 e. The molecule has 0 unspecified atom stereocenters. The maximum atomic E-state index is 6.14. The number of rotatable bonds is 4. The summed E-state index contributed by atoms with van der Waals surface area (Å²) in [5.41, 5.74) is 11.3. The van der Waals surface area contributed by atoms with Gasteiger partial charge in [-0.2, -0.15) is 0 Å². The Labute approximate surface area is 131 Å². The average molecular weight is 294 g/mol. The summed E-state index contributed by atoms with van der Waals surface area (Å²) in [7, 11) is 0. The molecule has 22 heavy (non-hydrogen) atoms. The minimum absolute atomic E-state index is 0.772. The Morgan fingerprint density at radius 2 is 1.82 bits per heavy atom. The van der Waals surface area contributed by atoms with E-state index >= 15 is 0 Å². The lowest BCUT2D eigenvalue weighted by Gasteiger charge is -2.13. The molecule has 0 aliphatic carbocycles. The van der Waals surface area contributed by atoms with Crippen LogP contribution in [0.25, 0.3) is 10.9 Å². The summed E-state index contributed by atoms with van der Waals surface area (Å²) < 4.78 is 6.14. The van der Waals surface area contributed by atoms with E-state index in [1.807, 2.05) is 32.0 Å². The first-order valence-corrected chi connectivity index (χ1v) is 7.73. The highest BCUT2D eigenvalue weighted by Crippen LogP contribution is 2.32. The molecule has 2 aromatic carbocycles. The zero-order chi connectivity index (χ0) is 15.7. The second kappa shape index (κ2) is 5.76. The van der Waals surface area contributed by atoms with E-state index < -0.39 is 0 Å². The Hall–Kier alpha value is -2.42. The molecule has 114 valence electrons. The Bertz CT molecular complexity index is 794. The van der Waals surface area contributed by atoms with Crippen LogP contribution in [-0.2, 0) is 6.42 Å². The molecule has 1 heterocycles. The van der Waals surface area contributed by atoms with Crippen LogP contribution in [0.2, 0.25) is 0 Å². The van der Waals surface area contributed by atoms with Crippen LogP contribution in [0.5, 0.6) is 11.5 Å². The largest absolute Gasteiger partial charge is 0.457 e. The van der Waals surface area contributed by atoms with E-state index in [0.717, 1.165) is 46.7 Å². The lowest BCUT2D eigenvalue weighted by molar-refractivity contribution is 0.476. The van der Waals surface area contributed by atoms with Gasteiger partial charge in [-0.15, -0.1) is 0 Å². The molecule has 3 N–H and O–H groups in total. The summed E-state index contributed by atoms with van der Waals surface area (Å²) >= 11 is 0. The van der Waals surface area contributed by atoms with Crippen LogP contribution in [0.4, 0.5) is 5.69 Å². The zero-order valence-electron chi connectivity index (χ0n) is 13.4. The summed E-state index contributed by atoms with van der Waals surface area (Å²) in [6.07, 6.45) is 4.30. The van der Waals surface area contributed by atoms with Crippen molar-refractivity contribution in [3.8, 4) is 11.5 Å². The average Bonchev–Trinajstić information content (AvgIpc) is 2.86. The second-order valence-corrected chi connectivity index (χ2v) is 5.86. The van der Waals surface area contributed by atoms with Gasteiger partial charge in [0.05, 0.1) is 0 Å². The van der Waals surface area contributed by atoms with Crippen LogP contribution in [0.3, 0.4) is 0 Å². The SMILES string of the molecule is CCCc1c[nH]c2ccc(Oc3c(C)cc(N)cc3C)cc12. The quantitative estimate of drug-likeness (QED) is 0.657. The minimum atomic E-state index is 0.772. The number of anilines is 1. The van der Waals surface area contributed by atoms with E-state index in [4.69, 9.17) is 10.5 Å². The lowest BCUT2D eigenvalue weighted by atomic mass is 10.1. The molecule has 0 aliphatic rings. The third-order valence-electron chi connectivity index (χ3n) is 3.96. The summed E-state index contributed by atoms with van der Waals surface area (Å²) in [5, 5.41) is 1.24. The van der Waals surface area contributed by atoms with E-state index in [0.29, 0.717) is 0 Å². The molecular formula is C19H22N2O. The molecule has 1 aromatic heterocycles. The lowest BCUT2D eigenvalue weighted by Crippen LogP contribution is -1.94. The van der Waals surface area contributed by atoms with E-state index in [2.05, 4.69) is 30.2 Å². The Balaban J connectivity index is 1.99. The number of aryl methyl sites for hydroxylation is 3. The molecule has 0 fully saturated rings.